The summed E-state index contributed by atoms with van der Waals surface area (Å²) in [6, 6.07) is 89.4. The smallest absolute Gasteiger partial charge is 0.134 e. The largest absolute Gasteiger partial charge is 0.309 e. The van der Waals surface area contributed by atoms with Gasteiger partial charge >= 0.3 is 0 Å². The van der Waals surface area contributed by atoms with Crippen molar-refractivity contribution in [3.8, 4) is 50.8 Å². The quantitative estimate of drug-likeness (QED) is 0.164. The number of rotatable bonds is 3. The van der Waals surface area contributed by atoms with Crippen LogP contribution in [0.3, 0.4) is 0 Å². The zero-order chi connectivity index (χ0) is 90.9. The number of nitrogens with zero attached hydrogens (tertiary/aromatic N) is 9. The van der Waals surface area contributed by atoms with Gasteiger partial charge in [-0.05, 0) is 228 Å². The molecule has 0 fully saturated rings. The second kappa shape index (κ2) is 27.0. The van der Waals surface area contributed by atoms with Crippen molar-refractivity contribution in [2.24, 2.45) is 0 Å². The maximum absolute atomic E-state index is 5.29. The molecule has 0 aliphatic heterocycles. The van der Waals surface area contributed by atoms with Gasteiger partial charge in [-0.25, -0.2) is 29.9 Å². The van der Waals surface area contributed by atoms with Gasteiger partial charge in [0.25, 0.3) is 0 Å². The molecule has 0 amide bonds. The van der Waals surface area contributed by atoms with Crippen molar-refractivity contribution in [2.75, 3.05) is 0 Å². The van der Waals surface area contributed by atoms with Crippen LogP contribution in [0.1, 0.15) is 188 Å². The molecule has 0 saturated heterocycles. The molecule has 9 heteroatoms. The minimum Gasteiger partial charge on any atom is -0.309 e. The molecule has 9 nitrogen and oxygen atoms in total. The zero-order valence-electron chi connectivity index (χ0n) is 79.3. The van der Waals surface area contributed by atoms with Gasteiger partial charge in [-0.2, -0.15) is 0 Å². The average Bonchev–Trinajstić information content (AvgIpc) is 1.63. The molecule has 0 radical (unpaired) electrons. The van der Waals surface area contributed by atoms with Crippen LogP contribution in [0.25, 0.3) is 213 Å². The lowest BCUT2D eigenvalue weighted by Crippen LogP contribution is -2.19. The molecular weight excluding hydrogens is 1600 g/mol. The van der Waals surface area contributed by atoms with Crippen molar-refractivity contribution in [1.82, 2.24) is 43.6 Å². The van der Waals surface area contributed by atoms with Crippen LogP contribution < -0.4 is 0 Å². The Labute approximate surface area is 768 Å². The summed E-state index contributed by atoms with van der Waals surface area (Å²) in [5.41, 5.74) is 33.0. The third-order valence-corrected chi connectivity index (χ3v) is 30.5. The third kappa shape index (κ3) is 10.9. The van der Waals surface area contributed by atoms with Crippen LogP contribution in [-0.4, -0.2) is 43.6 Å². The zero-order valence-corrected chi connectivity index (χ0v) is 79.3. The van der Waals surface area contributed by atoms with E-state index in [0.717, 1.165) is 34.6 Å². The predicted octanol–water partition coefficient (Wildman–Crippen LogP) is 32.1. The Hall–Kier alpha value is -14.3. The molecule has 0 atom stereocenters. The van der Waals surface area contributed by atoms with E-state index in [1.54, 1.807) is 0 Å². The van der Waals surface area contributed by atoms with Crippen LogP contribution in [0.5, 0.6) is 0 Å². The second-order valence-corrected chi connectivity index (χ2v) is 43.4. The van der Waals surface area contributed by atoms with E-state index in [1.807, 2.05) is 0 Å². The normalized spacial score (nSPS) is 14.4. The molecule has 24 aromatic rings. The van der Waals surface area contributed by atoms with Crippen LogP contribution >= 0.6 is 0 Å². The summed E-state index contributed by atoms with van der Waals surface area (Å²) in [6.45, 7) is 47.1. The summed E-state index contributed by atoms with van der Waals surface area (Å²) in [5, 5.41) is 31.2. The Morgan fingerprint density at radius 1 is 0.242 bits per heavy atom. The monoisotopic (exact) mass is 1710 g/mol. The van der Waals surface area contributed by atoms with E-state index in [4.69, 9.17) is 29.9 Å². The topological polar surface area (TPSA) is 92.1 Å². The molecule has 0 N–H and O–H groups in total. The van der Waals surface area contributed by atoms with E-state index in [0.29, 0.717) is 0 Å². The molecule has 642 valence electrons. The van der Waals surface area contributed by atoms with Crippen LogP contribution in [0.2, 0.25) is 0 Å². The molecule has 18 aromatic carbocycles. The van der Waals surface area contributed by atoms with E-state index < -0.39 is 0 Å². The number of aryl methyl sites for hydroxylation is 6. The third-order valence-electron chi connectivity index (χ3n) is 30.5. The fraction of sp³-hybridized carbons (Fsp3) is 0.220. The molecule has 6 heterocycles. The number of aromatic nitrogens is 9. The summed E-state index contributed by atoms with van der Waals surface area (Å²) in [7, 11) is 0. The highest BCUT2D eigenvalue weighted by molar-refractivity contribution is 6.37. The summed E-state index contributed by atoms with van der Waals surface area (Å²) in [6.07, 6.45) is 6.26. The SMILES string of the molecule is CC(C)(C)c1ncc2c(n1)-c1c(cc3ccc4cc5c6ccccc6n(-c6ccccc6)c5c5ccc1c3c45)C2(C)C.Cc1cc(C)c(-n2c3ccccc3c3cc4ccc5c6c(cc7ccc(c4c75)c32)C(C)(C)c2cnc(C(C)(C)C)nc2-6)c(C)c1.Cc1cc(C)c(-n2c3ccccc3c3cc4ccc5cc6c(c7ccc(c4c57)c32)-c2nc(C(C)(C)C)ncc2C6(C)C)c(C)c1. The minimum atomic E-state index is -0.175. The van der Waals surface area contributed by atoms with Crippen LogP contribution in [0, 0.1) is 41.5 Å². The Kier molecular flexibility index (Phi) is 16.3. The van der Waals surface area contributed by atoms with Gasteiger partial charge in [0, 0.05) is 139 Å². The van der Waals surface area contributed by atoms with Gasteiger partial charge in [0.15, 0.2) is 0 Å². The molecule has 0 bridgehead atoms. The number of fused-ring (bicyclic) bond motifs is 24. The number of para-hydroxylation sites is 4. The first-order chi connectivity index (χ1) is 63.1. The molecule has 0 unspecified atom stereocenters. The van der Waals surface area contributed by atoms with Crippen molar-refractivity contribution in [1.29, 1.82) is 0 Å². The molecule has 0 spiro atoms. The van der Waals surface area contributed by atoms with Crippen molar-refractivity contribution in [2.45, 2.75) is 178 Å². The summed E-state index contributed by atoms with van der Waals surface area (Å²) in [5.74, 6) is 2.68. The summed E-state index contributed by atoms with van der Waals surface area (Å²) in [4.78, 5) is 30.4. The van der Waals surface area contributed by atoms with Crippen molar-refractivity contribution in [3.05, 3.63) is 339 Å². The molecular formula is C123H105N9. The molecule has 3 aliphatic carbocycles. The Bertz CT molecular complexity index is 8890. The van der Waals surface area contributed by atoms with Gasteiger partial charge in [-0.3, -0.25) is 0 Å². The summed E-state index contributed by atoms with van der Waals surface area (Å²) >= 11 is 0. The van der Waals surface area contributed by atoms with Crippen molar-refractivity contribution in [3.63, 3.8) is 0 Å². The maximum atomic E-state index is 5.29. The van der Waals surface area contributed by atoms with E-state index in [9.17, 15) is 0 Å². The van der Waals surface area contributed by atoms with Crippen molar-refractivity contribution < 1.29 is 0 Å². The number of hydrogen-bond donors (Lipinski definition) is 0. The lowest BCUT2D eigenvalue weighted by atomic mass is 9.81. The van der Waals surface area contributed by atoms with E-state index in [2.05, 4.69) is 414 Å². The maximum Gasteiger partial charge on any atom is 0.134 e. The van der Waals surface area contributed by atoms with E-state index in [1.165, 1.54) is 263 Å². The molecule has 3 aliphatic rings. The number of benzene rings is 18. The predicted molar refractivity (Wildman–Crippen MR) is 557 cm³/mol. The standard InChI is InChI=1S/2C42H37N3.C39H31N3/c1-22-17-23(2)38(24(3)18-22)45-33-12-10-9-11-27(33)30-19-25-13-15-28-34-26(14-16-29(35(25)34)39(30)45)20-31-36(28)37-32(42(31,7)8)21-43-40(44-37)41(4,5)6;1-22-17-23(2)38(24(3)18-22)45-33-12-10-9-11-27(33)30-19-25-13-14-26-20-31-36(28-15-16-29(39(30)45)35(25)34(26)28)37-32(42(31,7)8)21-43-40(44-37)41(4,5)6;1-38(2,3)37-40-21-30-35(41-37)34-26-17-18-27-33-22(15-16-23(32(26)33)20-29(34)39(30,4)5)19-28-25-13-9-10-14-31(25)42(36(27)28)24-11-7-6-8-12-24/h2*9-21H,1-8H3;6-21H,1-5H3. The van der Waals surface area contributed by atoms with Crippen LogP contribution in [0.15, 0.2) is 255 Å². The molecule has 132 heavy (non-hydrogen) atoms. The first-order valence-electron chi connectivity index (χ1n) is 47.0. The van der Waals surface area contributed by atoms with Gasteiger partial charge in [0.2, 0.25) is 0 Å². The Balaban J connectivity index is 0.000000106. The van der Waals surface area contributed by atoms with Gasteiger partial charge < -0.3 is 13.7 Å². The van der Waals surface area contributed by atoms with Crippen molar-refractivity contribution >= 4 is 162 Å². The highest BCUT2D eigenvalue weighted by Gasteiger charge is 2.44. The number of hydrogen-bond acceptors (Lipinski definition) is 6. The lowest BCUT2D eigenvalue weighted by Gasteiger charge is -2.23. The van der Waals surface area contributed by atoms with E-state index in [-0.39, 0.29) is 32.5 Å². The minimum absolute atomic E-state index is 0.123. The van der Waals surface area contributed by atoms with Crippen LogP contribution in [-0.2, 0) is 32.5 Å². The van der Waals surface area contributed by atoms with Gasteiger partial charge in [0.1, 0.15) is 17.5 Å². The lowest BCUT2D eigenvalue weighted by molar-refractivity contribution is 0.542. The average molecular weight is 1710 g/mol. The molecule has 27 rings (SSSR count). The Morgan fingerprint density at radius 3 is 0.826 bits per heavy atom. The van der Waals surface area contributed by atoms with Gasteiger partial charge in [-0.15, -0.1) is 0 Å². The Morgan fingerprint density at radius 2 is 0.500 bits per heavy atom. The fourth-order valence-electron chi connectivity index (χ4n) is 24.4. The molecule has 0 saturated carbocycles. The first kappa shape index (κ1) is 79.9. The van der Waals surface area contributed by atoms with Gasteiger partial charge in [-0.1, -0.05) is 285 Å². The first-order valence-corrected chi connectivity index (χ1v) is 47.0. The van der Waals surface area contributed by atoms with Crippen LogP contribution in [0.4, 0.5) is 0 Å². The highest BCUT2D eigenvalue weighted by atomic mass is 15.0. The second-order valence-electron chi connectivity index (χ2n) is 43.4. The summed E-state index contributed by atoms with van der Waals surface area (Å²) < 4.78 is 7.51. The highest BCUT2D eigenvalue weighted by Crippen LogP contribution is 2.59. The fourth-order valence-corrected chi connectivity index (χ4v) is 24.4. The molecule has 6 aromatic heterocycles. The van der Waals surface area contributed by atoms with Gasteiger partial charge in [0.05, 0.1) is 61.6 Å². The van der Waals surface area contributed by atoms with E-state index >= 15 is 0 Å².